The Bertz CT molecular complexity index is 473. The molecule has 1 unspecified atom stereocenters. The summed E-state index contributed by atoms with van der Waals surface area (Å²) in [7, 11) is 1.33. The lowest BCUT2D eigenvalue weighted by Crippen LogP contribution is -2.31. The van der Waals surface area contributed by atoms with Crippen molar-refractivity contribution in [3.05, 3.63) is 22.7 Å². The van der Waals surface area contributed by atoms with Crippen molar-refractivity contribution in [3.8, 4) is 11.5 Å². The maximum Gasteiger partial charge on any atom is 0.342 e. The Morgan fingerprint density at radius 1 is 1.55 bits per heavy atom. The SMILES string of the molecule is CCOC(=O)C(F)[C@@H](N)c1c(OC)ccc(Cl)c1O.Cl. The van der Waals surface area contributed by atoms with E-state index in [1.165, 1.54) is 19.2 Å². The monoisotopic (exact) mass is 327 g/mol. The minimum atomic E-state index is -2.13. The summed E-state index contributed by atoms with van der Waals surface area (Å²) in [5, 5.41) is 9.82. The summed E-state index contributed by atoms with van der Waals surface area (Å²) in [6.45, 7) is 1.58. The predicted molar refractivity (Wildman–Crippen MR) is 75.4 cm³/mol. The molecule has 2 atom stereocenters. The van der Waals surface area contributed by atoms with Crippen LogP contribution < -0.4 is 10.5 Å². The molecule has 0 aliphatic carbocycles. The van der Waals surface area contributed by atoms with Crippen molar-refractivity contribution in [2.24, 2.45) is 5.73 Å². The number of halogens is 3. The van der Waals surface area contributed by atoms with E-state index in [4.69, 9.17) is 22.1 Å². The van der Waals surface area contributed by atoms with Crippen LogP contribution in [0.2, 0.25) is 5.02 Å². The second-order valence-electron chi connectivity index (χ2n) is 3.69. The first-order valence-corrected chi connectivity index (χ1v) is 5.93. The van der Waals surface area contributed by atoms with Gasteiger partial charge in [-0.25, -0.2) is 9.18 Å². The highest BCUT2D eigenvalue weighted by Crippen LogP contribution is 2.39. The third kappa shape index (κ3) is 3.88. The van der Waals surface area contributed by atoms with Crippen molar-refractivity contribution >= 4 is 30.0 Å². The predicted octanol–water partition coefficient (Wildman–Crippen LogP) is 2.38. The molecule has 1 rings (SSSR count). The molecule has 0 radical (unpaired) electrons. The fraction of sp³-hybridized carbons (Fsp3) is 0.417. The number of aromatic hydroxyl groups is 1. The van der Waals surface area contributed by atoms with Crippen LogP contribution in [0.3, 0.4) is 0 Å². The fourth-order valence-corrected chi connectivity index (χ4v) is 1.74. The highest BCUT2D eigenvalue weighted by molar-refractivity contribution is 6.32. The molecular formula is C12H16Cl2FNO4. The first kappa shape index (κ1) is 18.8. The van der Waals surface area contributed by atoms with Crippen LogP contribution in [0.5, 0.6) is 11.5 Å². The van der Waals surface area contributed by atoms with Gasteiger partial charge in [-0.1, -0.05) is 11.6 Å². The van der Waals surface area contributed by atoms with E-state index in [0.717, 1.165) is 0 Å². The van der Waals surface area contributed by atoms with Crippen molar-refractivity contribution in [2.45, 2.75) is 19.1 Å². The number of benzene rings is 1. The molecule has 0 saturated carbocycles. The minimum Gasteiger partial charge on any atom is -0.506 e. The quantitative estimate of drug-likeness (QED) is 0.811. The van der Waals surface area contributed by atoms with E-state index >= 15 is 0 Å². The first-order valence-electron chi connectivity index (χ1n) is 5.55. The lowest BCUT2D eigenvalue weighted by Gasteiger charge is -2.20. The van der Waals surface area contributed by atoms with E-state index in [2.05, 4.69) is 4.74 Å². The largest absolute Gasteiger partial charge is 0.506 e. The summed E-state index contributed by atoms with van der Waals surface area (Å²) in [4.78, 5) is 11.3. The number of nitrogens with two attached hydrogens (primary N) is 1. The molecule has 0 aliphatic rings. The maximum atomic E-state index is 13.9. The highest BCUT2D eigenvalue weighted by atomic mass is 35.5. The number of carbonyl (C=O) groups is 1. The van der Waals surface area contributed by atoms with Crippen LogP contribution in [-0.2, 0) is 9.53 Å². The number of phenolic OH excluding ortho intramolecular Hbond substituents is 1. The molecule has 8 heteroatoms. The molecule has 1 aromatic carbocycles. The zero-order valence-electron chi connectivity index (χ0n) is 10.9. The van der Waals surface area contributed by atoms with Gasteiger partial charge in [0.05, 0.1) is 30.3 Å². The maximum absolute atomic E-state index is 13.9. The number of hydrogen-bond donors (Lipinski definition) is 2. The molecule has 0 bridgehead atoms. The Morgan fingerprint density at radius 2 is 2.15 bits per heavy atom. The third-order valence-corrected chi connectivity index (χ3v) is 2.81. The smallest absolute Gasteiger partial charge is 0.342 e. The number of ether oxygens (including phenoxy) is 2. The van der Waals surface area contributed by atoms with Crippen LogP contribution in [0.15, 0.2) is 12.1 Å². The van der Waals surface area contributed by atoms with E-state index in [0.29, 0.717) is 0 Å². The highest BCUT2D eigenvalue weighted by Gasteiger charge is 2.32. The van der Waals surface area contributed by atoms with Gasteiger partial charge < -0.3 is 20.3 Å². The molecule has 0 fully saturated rings. The molecule has 0 aliphatic heterocycles. The van der Waals surface area contributed by atoms with E-state index < -0.39 is 23.9 Å². The number of esters is 1. The van der Waals surface area contributed by atoms with Gasteiger partial charge in [-0.05, 0) is 19.1 Å². The zero-order chi connectivity index (χ0) is 14.6. The van der Waals surface area contributed by atoms with Crippen molar-refractivity contribution in [2.75, 3.05) is 13.7 Å². The second kappa shape index (κ2) is 8.14. The number of methoxy groups -OCH3 is 1. The van der Waals surface area contributed by atoms with Gasteiger partial charge in [0.2, 0.25) is 6.17 Å². The number of alkyl halides is 1. The van der Waals surface area contributed by atoms with E-state index in [1.54, 1.807) is 6.92 Å². The Morgan fingerprint density at radius 3 is 2.65 bits per heavy atom. The minimum absolute atomic E-state index is 0. The van der Waals surface area contributed by atoms with E-state index in [-0.39, 0.29) is 35.3 Å². The average Bonchev–Trinajstić information content (AvgIpc) is 2.40. The number of hydrogen-bond acceptors (Lipinski definition) is 5. The van der Waals surface area contributed by atoms with E-state index in [1.807, 2.05) is 0 Å². The molecule has 0 heterocycles. The molecule has 5 nitrogen and oxygen atoms in total. The topological polar surface area (TPSA) is 81.8 Å². The molecule has 0 saturated heterocycles. The summed E-state index contributed by atoms with van der Waals surface area (Å²) >= 11 is 5.73. The van der Waals surface area contributed by atoms with Crippen LogP contribution >= 0.6 is 24.0 Å². The van der Waals surface area contributed by atoms with Gasteiger partial charge in [0.25, 0.3) is 0 Å². The third-order valence-electron chi connectivity index (χ3n) is 2.51. The molecule has 1 aromatic rings. The van der Waals surface area contributed by atoms with Crippen molar-refractivity contribution in [3.63, 3.8) is 0 Å². The lowest BCUT2D eigenvalue weighted by atomic mass is 10.0. The average molecular weight is 328 g/mol. The van der Waals surface area contributed by atoms with Crippen molar-refractivity contribution in [1.82, 2.24) is 0 Å². The van der Waals surface area contributed by atoms with Gasteiger partial charge in [0.15, 0.2) is 0 Å². The normalized spacial score (nSPS) is 13.1. The van der Waals surface area contributed by atoms with E-state index in [9.17, 15) is 14.3 Å². The van der Waals surface area contributed by atoms with Gasteiger partial charge in [-0.2, -0.15) is 0 Å². The summed E-state index contributed by atoms with van der Waals surface area (Å²) in [5.41, 5.74) is 5.57. The lowest BCUT2D eigenvalue weighted by molar-refractivity contribution is -0.149. The summed E-state index contributed by atoms with van der Waals surface area (Å²) < 4.78 is 23.4. The Hall–Kier alpha value is -1.24. The summed E-state index contributed by atoms with van der Waals surface area (Å²) in [6, 6.07) is 1.37. The van der Waals surface area contributed by atoms with Crippen LogP contribution in [-0.4, -0.2) is 31.0 Å². The van der Waals surface area contributed by atoms with Crippen LogP contribution in [0.4, 0.5) is 4.39 Å². The van der Waals surface area contributed by atoms with Gasteiger partial charge in [0, 0.05) is 0 Å². The fourth-order valence-electron chi connectivity index (χ4n) is 1.58. The number of rotatable bonds is 5. The van der Waals surface area contributed by atoms with Gasteiger partial charge >= 0.3 is 5.97 Å². The number of phenols is 1. The second-order valence-corrected chi connectivity index (χ2v) is 4.10. The Balaban J connectivity index is 0.00000361. The van der Waals surface area contributed by atoms with Crippen molar-refractivity contribution < 1.29 is 23.8 Å². The Kier molecular flexibility index (Phi) is 7.63. The Labute approximate surface area is 127 Å². The molecule has 20 heavy (non-hydrogen) atoms. The van der Waals surface area contributed by atoms with Crippen molar-refractivity contribution in [1.29, 1.82) is 0 Å². The molecule has 0 spiro atoms. The first-order chi connectivity index (χ1) is 8.93. The van der Waals surface area contributed by atoms with Gasteiger partial charge in [-0.15, -0.1) is 12.4 Å². The van der Waals surface area contributed by atoms with Crippen LogP contribution in [0.25, 0.3) is 0 Å². The van der Waals surface area contributed by atoms with Gasteiger partial charge in [0.1, 0.15) is 11.5 Å². The van der Waals surface area contributed by atoms with Gasteiger partial charge in [-0.3, -0.25) is 0 Å². The van der Waals surface area contributed by atoms with Crippen LogP contribution in [0.1, 0.15) is 18.5 Å². The standard InChI is InChI=1S/C12H15ClFNO4.ClH/c1-3-19-12(17)9(14)10(15)8-7(18-2)5-4-6(13)11(8)16;/h4-5,9-10,16H,3,15H2,1-2H3;1H/t9?,10-;/m0./s1. The van der Waals surface area contributed by atoms with Crippen LogP contribution in [0, 0.1) is 0 Å². The zero-order valence-corrected chi connectivity index (χ0v) is 12.5. The summed E-state index contributed by atoms with van der Waals surface area (Å²) in [6.07, 6.45) is -2.13. The number of carbonyl (C=O) groups excluding carboxylic acids is 1. The molecule has 0 amide bonds. The molecule has 114 valence electrons. The molecular weight excluding hydrogens is 312 g/mol. The molecule has 0 aromatic heterocycles. The summed E-state index contributed by atoms with van der Waals surface area (Å²) in [5.74, 6) is -1.38. The molecule has 3 N–H and O–H groups in total.